The largest absolute Gasteiger partial charge is 0.484 e. The minimum Gasteiger partial charge on any atom is -0.484 e. The van der Waals surface area contributed by atoms with Crippen LogP contribution in [-0.4, -0.2) is 34.3 Å². The molecule has 36 heavy (non-hydrogen) atoms. The molecule has 7 nitrogen and oxygen atoms in total. The number of amides is 2. The zero-order chi connectivity index (χ0) is 25.1. The Morgan fingerprint density at radius 3 is 2.67 bits per heavy atom. The van der Waals surface area contributed by atoms with Gasteiger partial charge in [0.25, 0.3) is 5.91 Å². The second-order valence-electron chi connectivity index (χ2n) is 9.98. The molecule has 2 heterocycles. The summed E-state index contributed by atoms with van der Waals surface area (Å²) in [5.41, 5.74) is 3.67. The Kier molecular flexibility index (Phi) is 7.07. The van der Waals surface area contributed by atoms with Crippen LogP contribution in [0.25, 0.3) is 0 Å². The predicted octanol–water partition coefficient (Wildman–Crippen LogP) is 5.06. The van der Waals surface area contributed by atoms with Gasteiger partial charge in [-0.05, 0) is 61.9 Å². The summed E-state index contributed by atoms with van der Waals surface area (Å²) in [6, 6.07) is 16.2. The van der Waals surface area contributed by atoms with Crippen molar-refractivity contribution >= 4 is 11.8 Å². The molecule has 5 rings (SSSR count). The maximum Gasteiger partial charge on any atom is 0.273 e. The number of hydrogen-bond donors (Lipinski definition) is 1. The van der Waals surface area contributed by atoms with E-state index in [2.05, 4.69) is 33.4 Å². The van der Waals surface area contributed by atoms with Gasteiger partial charge in [0.1, 0.15) is 12.0 Å². The van der Waals surface area contributed by atoms with Crippen LogP contribution in [0.1, 0.15) is 78.6 Å². The molecule has 1 atom stereocenters. The number of carbonyl (C=O) groups excluding carboxylic acids is 2. The fourth-order valence-electron chi connectivity index (χ4n) is 5.29. The predicted molar refractivity (Wildman–Crippen MR) is 136 cm³/mol. The van der Waals surface area contributed by atoms with E-state index in [4.69, 9.17) is 9.15 Å². The van der Waals surface area contributed by atoms with Gasteiger partial charge >= 0.3 is 0 Å². The number of oxazole rings is 1. The van der Waals surface area contributed by atoms with Gasteiger partial charge in [0.05, 0.1) is 6.04 Å². The molecule has 0 saturated heterocycles. The first-order chi connectivity index (χ1) is 17.5. The number of aromatic nitrogens is 1. The molecule has 2 aliphatic rings. The monoisotopic (exact) mass is 487 g/mol. The highest BCUT2D eigenvalue weighted by atomic mass is 16.5. The maximum absolute atomic E-state index is 13.6. The van der Waals surface area contributed by atoms with Crippen LogP contribution in [0.2, 0.25) is 0 Å². The molecule has 1 fully saturated rings. The summed E-state index contributed by atoms with van der Waals surface area (Å²) in [4.78, 5) is 32.0. The lowest BCUT2D eigenvalue weighted by Crippen LogP contribution is -2.43. The molecule has 1 saturated carbocycles. The van der Waals surface area contributed by atoms with Crippen molar-refractivity contribution in [2.45, 2.75) is 64.6 Å². The van der Waals surface area contributed by atoms with E-state index in [1.165, 1.54) is 11.8 Å². The first kappa shape index (κ1) is 24.1. The number of benzene rings is 2. The molecule has 0 radical (unpaired) electrons. The third-order valence-corrected chi connectivity index (χ3v) is 7.01. The van der Waals surface area contributed by atoms with Crippen molar-refractivity contribution in [1.29, 1.82) is 0 Å². The van der Waals surface area contributed by atoms with Gasteiger partial charge in [-0.3, -0.25) is 9.59 Å². The van der Waals surface area contributed by atoms with Crippen LogP contribution in [0.5, 0.6) is 5.75 Å². The van der Waals surface area contributed by atoms with Crippen LogP contribution >= 0.6 is 0 Å². The SMILES string of the molecule is CC(C)NC(=O)c1coc(COc2ccc3c(c2)C(c2ccccc2)N(C(=O)C2CCCC2)CC3)n1. The Balaban J connectivity index is 1.37. The Labute approximate surface area is 211 Å². The standard InChI is InChI=1S/C29H33N3O4/c1-19(2)30-28(33)25-17-36-26(31-25)18-35-23-13-12-20-14-15-32(29(34)22-10-6-7-11-22)27(24(20)16-23)21-8-4-3-5-9-21/h3-5,8-9,12-13,16-17,19,22,27H,6-7,10-11,14-15,18H2,1-2H3,(H,30,33). The number of hydrogen-bond acceptors (Lipinski definition) is 5. The van der Waals surface area contributed by atoms with Gasteiger partial charge in [-0.2, -0.15) is 0 Å². The highest BCUT2D eigenvalue weighted by Gasteiger charge is 2.36. The normalized spacial score (nSPS) is 17.8. The van der Waals surface area contributed by atoms with Gasteiger partial charge in [-0.15, -0.1) is 0 Å². The maximum atomic E-state index is 13.6. The molecular weight excluding hydrogens is 454 g/mol. The average molecular weight is 488 g/mol. The zero-order valence-electron chi connectivity index (χ0n) is 20.9. The molecule has 0 spiro atoms. The van der Waals surface area contributed by atoms with E-state index >= 15 is 0 Å². The highest BCUT2D eigenvalue weighted by Crippen LogP contribution is 2.39. The van der Waals surface area contributed by atoms with E-state index in [1.54, 1.807) is 0 Å². The summed E-state index contributed by atoms with van der Waals surface area (Å²) in [6.07, 6.45) is 6.42. The fraction of sp³-hybridized carbons (Fsp3) is 0.414. The van der Waals surface area contributed by atoms with Gasteiger partial charge in [0.2, 0.25) is 11.8 Å². The Morgan fingerprint density at radius 1 is 1.14 bits per heavy atom. The van der Waals surface area contributed by atoms with Crippen molar-refractivity contribution in [3.8, 4) is 5.75 Å². The molecule has 1 aliphatic carbocycles. The first-order valence-electron chi connectivity index (χ1n) is 12.9. The molecule has 1 unspecified atom stereocenters. The van der Waals surface area contributed by atoms with Crippen LogP contribution < -0.4 is 10.1 Å². The summed E-state index contributed by atoms with van der Waals surface area (Å²) in [7, 11) is 0. The number of carbonyl (C=O) groups is 2. The molecule has 1 aliphatic heterocycles. The van der Waals surface area contributed by atoms with Crippen LogP contribution in [0.15, 0.2) is 59.2 Å². The van der Waals surface area contributed by atoms with E-state index in [0.29, 0.717) is 11.6 Å². The summed E-state index contributed by atoms with van der Waals surface area (Å²) in [6.45, 7) is 4.61. The Morgan fingerprint density at radius 2 is 1.92 bits per heavy atom. The lowest BCUT2D eigenvalue weighted by molar-refractivity contribution is -0.137. The van der Waals surface area contributed by atoms with E-state index in [1.807, 2.05) is 44.2 Å². The van der Waals surface area contributed by atoms with Crippen LogP contribution in [0.4, 0.5) is 0 Å². The third-order valence-electron chi connectivity index (χ3n) is 7.01. The number of ether oxygens (including phenoxy) is 1. The van der Waals surface area contributed by atoms with E-state index in [-0.39, 0.29) is 42.1 Å². The number of rotatable bonds is 7. The molecule has 0 bridgehead atoms. The second-order valence-corrected chi connectivity index (χ2v) is 9.98. The van der Waals surface area contributed by atoms with E-state index < -0.39 is 0 Å². The van der Waals surface area contributed by atoms with Gasteiger partial charge < -0.3 is 19.4 Å². The first-order valence-corrected chi connectivity index (χ1v) is 12.9. The Hall–Kier alpha value is -3.61. The molecule has 188 valence electrons. The zero-order valence-corrected chi connectivity index (χ0v) is 20.9. The molecular formula is C29H33N3O4. The van der Waals surface area contributed by atoms with Crippen molar-refractivity contribution in [3.63, 3.8) is 0 Å². The van der Waals surface area contributed by atoms with Gasteiger partial charge in [-0.1, -0.05) is 49.2 Å². The minimum atomic E-state index is -0.272. The third kappa shape index (κ3) is 5.15. The van der Waals surface area contributed by atoms with Gasteiger partial charge in [0.15, 0.2) is 12.3 Å². The van der Waals surface area contributed by atoms with E-state index in [9.17, 15) is 9.59 Å². The van der Waals surface area contributed by atoms with Crippen LogP contribution in [0.3, 0.4) is 0 Å². The minimum absolute atomic E-state index is 0.0158. The number of nitrogens with zero attached hydrogens (tertiary/aromatic N) is 2. The fourth-order valence-corrected chi connectivity index (χ4v) is 5.29. The average Bonchev–Trinajstić information content (AvgIpc) is 3.59. The molecule has 1 aromatic heterocycles. The molecule has 1 N–H and O–H groups in total. The molecule has 2 amide bonds. The second kappa shape index (κ2) is 10.6. The lowest BCUT2D eigenvalue weighted by atomic mass is 9.87. The Bertz CT molecular complexity index is 1210. The van der Waals surface area contributed by atoms with Crippen molar-refractivity contribution in [2.75, 3.05) is 6.54 Å². The highest BCUT2D eigenvalue weighted by molar-refractivity contribution is 5.92. The van der Waals surface area contributed by atoms with Crippen molar-refractivity contribution in [2.24, 2.45) is 5.92 Å². The van der Waals surface area contributed by atoms with Crippen molar-refractivity contribution < 1.29 is 18.7 Å². The van der Waals surface area contributed by atoms with Crippen LogP contribution in [0, 0.1) is 5.92 Å². The van der Waals surface area contributed by atoms with Crippen molar-refractivity contribution in [1.82, 2.24) is 15.2 Å². The lowest BCUT2D eigenvalue weighted by Gasteiger charge is -2.39. The van der Waals surface area contributed by atoms with Crippen LogP contribution in [-0.2, 0) is 17.8 Å². The summed E-state index contributed by atoms with van der Waals surface area (Å²) in [5.74, 6) is 1.14. The summed E-state index contributed by atoms with van der Waals surface area (Å²) < 4.78 is 11.5. The molecule has 3 aromatic rings. The smallest absolute Gasteiger partial charge is 0.273 e. The number of nitrogens with one attached hydrogen (secondary N) is 1. The molecule has 7 heteroatoms. The number of fused-ring (bicyclic) bond motifs is 1. The summed E-state index contributed by atoms with van der Waals surface area (Å²) >= 11 is 0. The van der Waals surface area contributed by atoms with E-state index in [0.717, 1.165) is 49.8 Å². The summed E-state index contributed by atoms with van der Waals surface area (Å²) in [5, 5.41) is 2.80. The van der Waals surface area contributed by atoms with Crippen molar-refractivity contribution in [3.05, 3.63) is 83.1 Å². The molecule has 2 aromatic carbocycles. The van der Waals surface area contributed by atoms with Gasteiger partial charge in [0, 0.05) is 18.5 Å². The topological polar surface area (TPSA) is 84.7 Å². The van der Waals surface area contributed by atoms with Gasteiger partial charge in [-0.25, -0.2) is 4.98 Å². The quantitative estimate of drug-likeness (QED) is 0.504.